The van der Waals surface area contributed by atoms with Gasteiger partial charge in [-0.1, -0.05) is 39.8 Å². The molecule has 0 saturated carbocycles. The number of hydrogen-bond donors (Lipinski definition) is 3. The van der Waals surface area contributed by atoms with E-state index < -0.39 is 0 Å². The summed E-state index contributed by atoms with van der Waals surface area (Å²) in [7, 11) is 0. The van der Waals surface area contributed by atoms with Gasteiger partial charge in [-0.3, -0.25) is 5.43 Å². The van der Waals surface area contributed by atoms with Gasteiger partial charge < -0.3 is 10.1 Å². The molecule has 0 spiro atoms. The second-order valence-corrected chi connectivity index (χ2v) is 6.31. The average Bonchev–Trinajstić information content (AvgIpc) is 2.84. The number of ether oxygens (including phenoxy) is 1. The van der Waals surface area contributed by atoms with Crippen molar-refractivity contribution < 1.29 is 4.74 Å². The third-order valence-corrected chi connectivity index (χ3v) is 4.02. The molecule has 0 amide bonds. The number of benzene rings is 1. The second kappa shape index (κ2) is 7.78. The first-order valence-corrected chi connectivity index (χ1v) is 8.06. The van der Waals surface area contributed by atoms with Crippen LogP contribution in [-0.2, 0) is 0 Å². The van der Waals surface area contributed by atoms with Crippen molar-refractivity contribution in [3.05, 3.63) is 29.8 Å². The summed E-state index contributed by atoms with van der Waals surface area (Å²) in [5.74, 6) is 2.05. The fraction of sp³-hybridized carbons (Fsp3) is 0.647. The molecule has 3 unspecified atom stereocenters. The molecule has 3 atom stereocenters. The Morgan fingerprint density at radius 2 is 1.90 bits per heavy atom. The van der Waals surface area contributed by atoms with E-state index in [1.165, 1.54) is 5.56 Å². The van der Waals surface area contributed by atoms with Gasteiger partial charge >= 0.3 is 0 Å². The number of nitrogens with one attached hydrogen (secondary N) is 3. The molecule has 0 aromatic heterocycles. The Balaban J connectivity index is 1.93. The lowest BCUT2D eigenvalue weighted by atomic mass is 9.91. The predicted molar refractivity (Wildman–Crippen MR) is 87.3 cm³/mol. The van der Waals surface area contributed by atoms with Gasteiger partial charge in [-0.05, 0) is 36.1 Å². The van der Waals surface area contributed by atoms with Crippen LogP contribution in [0.5, 0.6) is 5.75 Å². The standard InChI is InChI=1S/C17H29N3O/c1-5-18-10-16-13(4)17(20-19-16)14-6-8-15(9-7-14)21-11-12(2)3/h6-9,12-13,16-20H,5,10-11H2,1-4H3. The maximum absolute atomic E-state index is 5.74. The minimum Gasteiger partial charge on any atom is -0.493 e. The van der Waals surface area contributed by atoms with E-state index in [-0.39, 0.29) is 0 Å². The van der Waals surface area contributed by atoms with E-state index in [1.54, 1.807) is 0 Å². The Kier molecular flexibility index (Phi) is 6.03. The molecule has 1 heterocycles. The van der Waals surface area contributed by atoms with E-state index in [2.05, 4.69) is 68.1 Å². The highest BCUT2D eigenvalue weighted by atomic mass is 16.5. The summed E-state index contributed by atoms with van der Waals surface area (Å²) in [4.78, 5) is 0. The normalized spacial score (nSPS) is 25.5. The number of hydrogen-bond acceptors (Lipinski definition) is 4. The molecule has 4 heteroatoms. The van der Waals surface area contributed by atoms with Crippen molar-refractivity contribution in [1.29, 1.82) is 0 Å². The zero-order valence-corrected chi connectivity index (χ0v) is 13.6. The lowest BCUT2D eigenvalue weighted by Gasteiger charge is -2.19. The van der Waals surface area contributed by atoms with Gasteiger partial charge in [0.1, 0.15) is 5.75 Å². The highest BCUT2D eigenvalue weighted by molar-refractivity contribution is 5.30. The number of rotatable bonds is 7. The van der Waals surface area contributed by atoms with Crippen molar-refractivity contribution >= 4 is 0 Å². The first-order chi connectivity index (χ1) is 10.1. The Labute approximate surface area is 128 Å². The number of hydrazine groups is 1. The van der Waals surface area contributed by atoms with E-state index in [0.717, 1.165) is 25.4 Å². The maximum atomic E-state index is 5.74. The Hall–Kier alpha value is -1.10. The average molecular weight is 291 g/mol. The highest BCUT2D eigenvalue weighted by Gasteiger charge is 2.32. The van der Waals surface area contributed by atoms with Gasteiger partial charge in [-0.25, -0.2) is 5.43 Å². The summed E-state index contributed by atoms with van der Waals surface area (Å²) < 4.78 is 5.74. The lowest BCUT2D eigenvalue weighted by molar-refractivity contribution is 0.271. The van der Waals surface area contributed by atoms with Gasteiger partial charge in [-0.2, -0.15) is 0 Å². The molecule has 1 aromatic rings. The molecule has 0 aliphatic carbocycles. The molecule has 1 aliphatic rings. The molecule has 0 radical (unpaired) electrons. The largest absolute Gasteiger partial charge is 0.493 e. The molecule has 0 bridgehead atoms. The van der Waals surface area contributed by atoms with Crippen LogP contribution in [0.2, 0.25) is 0 Å². The topological polar surface area (TPSA) is 45.3 Å². The molecule has 1 saturated heterocycles. The van der Waals surface area contributed by atoms with E-state index in [9.17, 15) is 0 Å². The van der Waals surface area contributed by atoms with Crippen LogP contribution in [0.3, 0.4) is 0 Å². The summed E-state index contributed by atoms with van der Waals surface area (Å²) in [6, 6.07) is 9.30. The van der Waals surface area contributed by atoms with Crippen molar-refractivity contribution in [3.8, 4) is 5.75 Å². The van der Waals surface area contributed by atoms with Crippen LogP contribution in [0, 0.1) is 11.8 Å². The molecule has 21 heavy (non-hydrogen) atoms. The van der Waals surface area contributed by atoms with E-state index >= 15 is 0 Å². The second-order valence-electron chi connectivity index (χ2n) is 6.31. The molecular formula is C17H29N3O. The summed E-state index contributed by atoms with van der Waals surface area (Å²) in [5.41, 5.74) is 8.13. The van der Waals surface area contributed by atoms with Crippen LogP contribution in [-0.4, -0.2) is 25.7 Å². The van der Waals surface area contributed by atoms with Crippen LogP contribution in [0.15, 0.2) is 24.3 Å². The summed E-state index contributed by atoms with van der Waals surface area (Å²) >= 11 is 0. The van der Waals surface area contributed by atoms with Crippen LogP contribution >= 0.6 is 0 Å². The first-order valence-electron chi connectivity index (χ1n) is 8.06. The molecular weight excluding hydrogens is 262 g/mol. The fourth-order valence-electron chi connectivity index (χ4n) is 2.65. The summed E-state index contributed by atoms with van der Waals surface area (Å²) in [6.45, 7) is 11.5. The molecule has 118 valence electrons. The van der Waals surface area contributed by atoms with Gasteiger partial charge in [0.05, 0.1) is 12.6 Å². The van der Waals surface area contributed by atoms with Crippen molar-refractivity contribution in [2.45, 2.75) is 39.8 Å². The Bertz CT molecular complexity index is 419. The quantitative estimate of drug-likeness (QED) is 0.722. The SMILES string of the molecule is CCNCC1NNC(c2ccc(OCC(C)C)cc2)C1C. The van der Waals surface area contributed by atoms with Crippen molar-refractivity contribution in [3.63, 3.8) is 0 Å². The van der Waals surface area contributed by atoms with Crippen LogP contribution in [0.25, 0.3) is 0 Å². The molecule has 3 N–H and O–H groups in total. The van der Waals surface area contributed by atoms with Gasteiger partial charge in [-0.15, -0.1) is 0 Å². The third kappa shape index (κ3) is 4.43. The molecule has 1 fully saturated rings. The zero-order valence-electron chi connectivity index (χ0n) is 13.6. The Morgan fingerprint density at radius 1 is 1.19 bits per heavy atom. The summed E-state index contributed by atoms with van der Waals surface area (Å²) in [6.07, 6.45) is 0. The van der Waals surface area contributed by atoms with Gasteiger partial charge in [0.2, 0.25) is 0 Å². The molecule has 1 aliphatic heterocycles. The monoisotopic (exact) mass is 291 g/mol. The van der Waals surface area contributed by atoms with Crippen molar-refractivity contribution in [2.75, 3.05) is 19.7 Å². The van der Waals surface area contributed by atoms with Crippen LogP contribution in [0.1, 0.15) is 39.3 Å². The molecule has 2 rings (SSSR count). The van der Waals surface area contributed by atoms with Gasteiger partial charge in [0.15, 0.2) is 0 Å². The fourth-order valence-corrected chi connectivity index (χ4v) is 2.65. The minimum absolute atomic E-state index is 0.354. The van der Waals surface area contributed by atoms with E-state index in [4.69, 9.17) is 4.74 Å². The van der Waals surface area contributed by atoms with E-state index in [1.807, 2.05) is 0 Å². The van der Waals surface area contributed by atoms with Crippen LogP contribution < -0.4 is 20.9 Å². The first kappa shape index (κ1) is 16.3. The van der Waals surface area contributed by atoms with Crippen LogP contribution in [0.4, 0.5) is 0 Å². The summed E-state index contributed by atoms with van der Waals surface area (Å²) in [5, 5.41) is 3.41. The number of likely N-dealkylation sites (N-methyl/N-ethyl adjacent to an activating group) is 1. The third-order valence-electron chi connectivity index (χ3n) is 4.02. The van der Waals surface area contributed by atoms with Gasteiger partial charge in [0, 0.05) is 12.6 Å². The Morgan fingerprint density at radius 3 is 2.52 bits per heavy atom. The smallest absolute Gasteiger partial charge is 0.119 e. The van der Waals surface area contributed by atoms with Crippen molar-refractivity contribution in [2.24, 2.45) is 11.8 Å². The molecule has 4 nitrogen and oxygen atoms in total. The highest BCUT2D eigenvalue weighted by Crippen LogP contribution is 2.29. The molecule has 1 aromatic carbocycles. The van der Waals surface area contributed by atoms with E-state index in [0.29, 0.717) is 23.9 Å². The van der Waals surface area contributed by atoms with Gasteiger partial charge in [0.25, 0.3) is 0 Å². The zero-order chi connectivity index (χ0) is 15.2. The van der Waals surface area contributed by atoms with Crippen molar-refractivity contribution in [1.82, 2.24) is 16.2 Å². The maximum Gasteiger partial charge on any atom is 0.119 e. The lowest BCUT2D eigenvalue weighted by Crippen LogP contribution is -2.39. The minimum atomic E-state index is 0.354. The predicted octanol–water partition coefficient (Wildman–Crippen LogP) is 2.48.